The number of aromatic nitrogens is 1. The lowest BCUT2D eigenvalue weighted by atomic mass is 10.1. The Kier molecular flexibility index (Phi) is 7.04. The summed E-state index contributed by atoms with van der Waals surface area (Å²) in [6.45, 7) is 3.91. The molecule has 3 amide bonds. The topological polar surface area (TPSA) is 57.6 Å². The van der Waals surface area contributed by atoms with Gasteiger partial charge in [-0.05, 0) is 55.0 Å². The molecule has 1 fully saturated rings. The quantitative estimate of drug-likeness (QED) is 0.358. The number of urea groups is 1. The third-order valence-electron chi connectivity index (χ3n) is 6.70. The van der Waals surface area contributed by atoms with Crippen molar-refractivity contribution >= 4 is 39.2 Å². The monoisotopic (exact) mass is 504 g/mol. The van der Waals surface area contributed by atoms with Crippen LogP contribution in [0.5, 0.6) is 0 Å². The molecule has 0 unspecified atom stereocenters. The van der Waals surface area contributed by atoms with E-state index in [1.165, 1.54) is 17.7 Å². The molecule has 36 heavy (non-hydrogen) atoms. The molecule has 0 radical (unpaired) electrons. The van der Waals surface area contributed by atoms with E-state index >= 15 is 0 Å². The number of fused-ring (bicyclic) bond motifs is 1. The SMILES string of the molecule is C[C@H]1CN(C(=O)c2cc3ccsc3n2CCCc2ccccc2)CCN1C(=O)Nc1ccccc1F. The summed E-state index contributed by atoms with van der Waals surface area (Å²) in [7, 11) is 0. The minimum atomic E-state index is -0.472. The van der Waals surface area contributed by atoms with E-state index in [0.29, 0.717) is 25.3 Å². The van der Waals surface area contributed by atoms with Gasteiger partial charge >= 0.3 is 6.03 Å². The van der Waals surface area contributed by atoms with E-state index in [1.54, 1.807) is 28.4 Å². The number of carbonyl (C=O) groups is 2. The molecular weight excluding hydrogens is 475 g/mol. The fourth-order valence-electron chi connectivity index (χ4n) is 4.82. The zero-order valence-corrected chi connectivity index (χ0v) is 21.0. The molecule has 3 heterocycles. The summed E-state index contributed by atoms with van der Waals surface area (Å²) in [6.07, 6.45) is 1.89. The van der Waals surface area contributed by atoms with Crippen molar-refractivity contribution in [2.45, 2.75) is 32.4 Å². The first-order valence-electron chi connectivity index (χ1n) is 12.2. The average molecular weight is 505 g/mol. The lowest BCUT2D eigenvalue weighted by molar-refractivity contribution is 0.0582. The van der Waals surface area contributed by atoms with Gasteiger partial charge in [-0.3, -0.25) is 4.79 Å². The molecule has 2 aromatic carbocycles. The predicted octanol–water partition coefficient (Wildman–Crippen LogP) is 5.85. The van der Waals surface area contributed by atoms with Crippen LogP contribution in [0, 0.1) is 5.82 Å². The molecular formula is C28H29FN4O2S. The minimum Gasteiger partial charge on any atom is -0.334 e. The second-order valence-corrected chi connectivity index (χ2v) is 10.0. The van der Waals surface area contributed by atoms with Crippen molar-refractivity contribution in [1.29, 1.82) is 0 Å². The highest BCUT2D eigenvalue weighted by molar-refractivity contribution is 7.16. The van der Waals surface area contributed by atoms with E-state index in [4.69, 9.17) is 0 Å². The number of nitrogens with one attached hydrogen (secondary N) is 1. The lowest BCUT2D eigenvalue weighted by Gasteiger charge is -2.39. The molecule has 6 nitrogen and oxygen atoms in total. The number of carbonyl (C=O) groups excluding carboxylic acids is 2. The number of hydrogen-bond donors (Lipinski definition) is 1. The van der Waals surface area contributed by atoms with Crippen LogP contribution in [-0.2, 0) is 13.0 Å². The van der Waals surface area contributed by atoms with Gasteiger partial charge in [0.05, 0.1) is 5.69 Å². The third kappa shape index (κ3) is 4.99. The fourth-order valence-corrected chi connectivity index (χ4v) is 5.74. The van der Waals surface area contributed by atoms with Gasteiger partial charge in [0.15, 0.2) is 0 Å². The Labute approximate surface area is 213 Å². The number of para-hydroxylation sites is 1. The zero-order valence-electron chi connectivity index (χ0n) is 20.2. The smallest absolute Gasteiger partial charge is 0.322 e. The highest BCUT2D eigenvalue weighted by Crippen LogP contribution is 2.27. The largest absolute Gasteiger partial charge is 0.334 e. The van der Waals surface area contributed by atoms with Crippen LogP contribution in [0.3, 0.4) is 0 Å². The maximum atomic E-state index is 14.0. The summed E-state index contributed by atoms with van der Waals surface area (Å²) in [5.41, 5.74) is 2.14. The number of hydrogen-bond acceptors (Lipinski definition) is 3. The van der Waals surface area contributed by atoms with Crippen molar-refractivity contribution < 1.29 is 14.0 Å². The van der Waals surface area contributed by atoms with Crippen LogP contribution in [0.4, 0.5) is 14.9 Å². The molecule has 1 saturated heterocycles. The van der Waals surface area contributed by atoms with Crippen LogP contribution in [0.1, 0.15) is 29.4 Å². The Morgan fingerprint density at radius 1 is 1.06 bits per heavy atom. The number of anilines is 1. The molecule has 186 valence electrons. The van der Waals surface area contributed by atoms with Crippen LogP contribution < -0.4 is 5.32 Å². The number of thiophene rings is 1. The lowest BCUT2D eigenvalue weighted by Crippen LogP contribution is -2.56. The molecule has 0 bridgehead atoms. The molecule has 1 aliphatic heterocycles. The molecule has 0 aliphatic carbocycles. The Morgan fingerprint density at radius 2 is 1.83 bits per heavy atom. The molecule has 1 atom stereocenters. The van der Waals surface area contributed by atoms with Crippen LogP contribution in [0.15, 0.2) is 72.1 Å². The van der Waals surface area contributed by atoms with Crippen LogP contribution in [0.2, 0.25) is 0 Å². The maximum Gasteiger partial charge on any atom is 0.322 e. The van der Waals surface area contributed by atoms with E-state index in [1.807, 2.05) is 24.0 Å². The first-order valence-corrected chi connectivity index (χ1v) is 13.1. The summed E-state index contributed by atoms with van der Waals surface area (Å²) in [5.74, 6) is -0.487. The van der Waals surface area contributed by atoms with Crippen molar-refractivity contribution in [1.82, 2.24) is 14.4 Å². The second-order valence-electron chi connectivity index (χ2n) is 9.16. The highest BCUT2D eigenvalue weighted by Gasteiger charge is 2.32. The summed E-state index contributed by atoms with van der Waals surface area (Å²) >= 11 is 1.65. The first kappa shape index (κ1) is 24.1. The summed E-state index contributed by atoms with van der Waals surface area (Å²) in [6, 6.07) is 20.0. The van der Waals surface area contributed by atoms with Gasteiger partial charge in [0.2, 0.25) is 0 Å². The van der Waals surface area contributed by atoms with Gasteiger partial charge in [-0.15, -0.1) is 11.3 Å². The number of aryl methyl sites for hydroxylation is 2. The van der Waals surface area contributed by atoms with Gasteiger partial charge in [-0.2, -0.15) is 0 Å². The molecule has 2 aromatic heterocycles. The van der Waals surface area contributed by atoms with Crippen LogP contribution in [0.25, 0.3) is 10.2 Å². The van der Waals surface area contributed by atoms with E-state index < -0.39 is 5.82 Å². The van der Waals surface area contributed by atoms with Crippen molar-refractivity contribution in [3.63, 3.8) is 0 Å². The van der Waals surface area contributed by atoms with Crippen molar-refractivity contribution in [2.24, 2.45) is 0 Å². The van der Waals surface area contributed by atoms with E-state index in [0.717, 1.165) is 29.6 Å². The molecule has 1 aliphatic rings. The van der Waals surface area contributed by atoms with Gasteiger partial charge in [-0.1, -0.05) is 42.5 Å². The number of amides is 3. The standard InChI is InChI=1S/C28H29FN4O2S/c1-20-19-31(15-16-32(20)28(35)30-24-12-6-5-11-23(24)29)26(34)25-18-22-13-17-36-27(22)33(25)14-7-10-21-8-3-2-4-9-21/h2-6,8-9,11-13,17-18,20H,7,10,14-16,19H2,1H3,(H,30,35)/t20-/m0/s1. The zero-order chi connectivity index (χ0) is 25.1. The van der Waals surface area contributed by atoms with Crippen LogP contribution in [-0.4, -0.2) is 52.0 Å². The number of nitrogens with zero attached hydrogens (tertiary/aromatic N) is 3. The van der Waals surface area contributed by atoms with Crippen LogP contribution >= 0.6 is 11.3 Å². The Balaban J connectivity index is 1.26. The van der Waals surface area contributed by atoms with Crippen molar-refractivity contribution in [3.8, 4) is 0 Å². The van der Waals surface area contributed by atoms with Gasteiger partial charge < -0.3 is 19.7 Å². The minimum absolute atomic E-state index is 0.0147. The maximum absolute atomic E-state index is 14.0. The van der Waals surface area contributed by atoms with E-state index in [-0.39, 0.29) is 23.7 Å². The second kappa shape index (κ2) is 10.5. The number of piperazine rings is 1. The summed E-state index contributed by atoms with van der Waals surface area (Å²) in [4.78, 5) is 31.0. The number of benzene rings is 2. The molecule has 8 heteroatoms. The Morgan fingerprint density at radius 3 is 2.61 bits per heavy atom. The van der Waals surface area contributed by atoms with Gasteiger partial charge in [0.25, 0.3) is 5.91 Å². The third-order valence-corrected chi connectivity index (χ3v) is 7.65. The molecule has 0 spiro atoms. The Bertz CT molecular complexity index is 1370. The number of halogens is 1. The molecule has 4 aromatic rings. The Hall–Kier alpha value is -3.65. The van der Waals surface area contributed by atoms with E-state index in [9.17, 15) is 14.0 Å². The van der Waals surface area contributed by atoms with Crippen molar-refractivity contribution in [3.05, 3.63) is 89.2 Å². The average Bonchev–Trinajstić information content (AvgIpc) is 3.48. The van der Waals surface area contributed by atoms with Gasteiger partial charge in [0, 0.05) is 37.6 Å². The summed E-state index contributed by atoms with van der Waals surface area (Å²) < 4.78 is 16.1. The summed E-state index contributed by atoms with van der Waals surface area (Å²) in [5, 5.41) is 5.79. The molecule has 5 rings (SSSR count). The molecule has 0 saturated carbocycles. The first-order chi connectivity index (χ1) is 17.5. The predicted molar refractivity (Wildman–Crippen MR) is 142 cm³/mol. The highest BCUT2D eigenvalue weighted by atomic mass is 32.1. The normalized spacial score (nSPS) is 15.9. The number of rotatable bonds is 6. The van der Waals surface area contributed by atoms with Gasteiger partial charge in [0.1, 0.15) is 16.3 Å². The molecule has 1 N–H and O–H groups in total. The van der Waals surface area contributed by atoms with E-state index in [2.05, 4.69) is 45.6 Å². The fraction of sp³-hybridized carbons (Fsp3) is 0.286. The van der Waals surface area contributed by atoms with Crippen molar-refractivity contribution in [2.75, 3.05) is 25.0 Å². The van der Waals surface area contributed by atoms with Gasteiger partial charge in [-0.25, -0.2) is 9.18 Å².